The van der Waals surface area contributed by atoms with Crippen molar-refractivity contribution < 1.29 is 19.1 Å². The summed E-state index contributed by atoms with van der Waals surface area (Å²) in [6, 6.07) is 1.61. The molecule has 0 radical (unpaired) electrons. The molecular formula is C9H11NO4S. The molecule has 0 spiro atoms. The van der Waals surface area contributed by atoms with Gasteiger partial charge in [0.15, 0.2) is 0 Å². The maximum atomic E-state index is 11.4. The van der Waals surface area contributed by atoms with E-state index in [0.29, 0.717) is 10.6 Å². The Bertz CT molecular complexity index is 361. The third kappa shape index (κ3) is 3.25. The van der Waals surface area contributed by atoms with Gasteiger partial charge >= 0.3 is 5.97 Å². The van der Waals surface area contributed by atoms with Crippen molar-refractivity contribution in [3.8, 4) is 5.75 Å². The summed E-state index contributed by atoms with van der Waals surface area (Å²) in [7, 11) is 2.79. The second-order valence-electron chi connectivity index (χ2n) is 2.61. The summed E-state index contributed by atoms with van der Waals surface area (Å²) in [4.78, 5) is 22.7. The molecule has 5 nitrogen and oxygen atoms in total. The molecule has 0 atom stereocenters. The molecule has 1 heterocycles. The van der Waals surface area contributed by atoms with Gasteiger partial charge in [0.1, 0.15) is 12.3 Å². The van der Waals surface area contributed by atoms with Crippen molar-refractivity contribution in [2.24, 2.45) is 0 Å². The van der Waals surface area contributed by atoms with E-state index in [1.54, 1.807) is 11.4 Å². The van der Waals surface area contributed by atoms with Crippen LogP contribution in [0.1, 0.15) is 9.67 Å². The van der Waals surface area contributed by atoms with Crippen molar-refractivity contribution in [3.05, 3.63) is 16.3 Å². The van der Waals surface area contributed by atoms with Crippen LogP contribution in [0.4, 0.5) is 0 Å². The van der Waals surface area contributed by atoms with Crippen molar-refractivity contribution in [2.75, 3.05) is 20.8 Å². The molecule has 0 aromatic carbocycles. The Morgan fingerprint density at radius 3 is 2.73 bits per heavy atom. The van der Waals surface area contributed by atoms with Crippen LogP contribution in [0.3, 0.4) is 0 Å². The summed E-state index contributed by atoms with van der Waals surface area (Å²) in [5, 5.41) is 4.14. The van der Waals surface area contributed by atoms with Gasteiger partial charge in [0.2, 0.25) is 0 Å². The second kappa shape index (κ2) is 5.35. The lowest BCUT2D eigenvalue weighted by molar-refractivity contribution is -0.139. The molecule has 1 rings (SSSR count). The van der Waals surface area contributed by atoms with E-state index in [1.165, 1.54) is 25.6 Å². The van der Waals surface area contributed by atoms with E-state index < -0.39 is 5.97 Å². The number of ether oxygens (including phenoxy) is 2. The highest BCUT2D eigenvalue weighted by atomic mass is 32.1. The summed E-state index contributed by atoms with van der Waals surface area (Å²) in [6.07, 6.45) is 0. The van der Waals surface area contributed by atoms with Crippen LogP contribution in [0, 0.1) is 0 Å². The van der Waals surface area contributed by atoms with Gasteiger partial charge in [-0.25, -0.2) is 0 Å². The summed E-state index contributed by atoms with van der Waals surface area (Å²) in [5.74, 6) is -0.163. The fraction of sp³-hybridized carbons (Fsp3) is 0.333. The molecule has 0 fully saturated rings. The zero-order valence-electron chi connectivity index (χ0n) is 8.40. The largest absolute Gasteiger partial charge is 0.496 e. The molecule has 1 aromatic heterocycles. The first kappa shape index (κ1) is 11.5. The van der Waals surface area contributed by atoms with Gasteiger partial charge in [-0.2, -0.15) is 0 Å². The van der Waals surface area contributed by atoms with E-state index in [4.69, 9.17) is 4.74 Å². The molecule has 0 saturated heterocycles. The van der Waals surface area contributed by atoms with Crippen LogP contribution in [-0.4, -0.2) is 32.6 Å². The highest BCUT2D eigenvalue weighted by Crippen LogP contribution is 2.20. The lowest BCUT2D eigenvalue weighted by Gasteiger charge is -2.00. The van der Waals surface area contributed by atoms with Crippen molar-refractivity contribution in [1.82, 2.24) is 5.32 Å². The van der Waals surface area contributed by atoms with Crippen LogP contribution in [-0.2, 0) is 9.53 Å². The first-order valence-corrected chi connectivity index (χ1v) is 5.03. The monoisotopic (exact) mass is 229 g/mol. The lowest BCUT2D eigenvalue weighted by Crippen LogP contribution is -2.29. The predicted molar refractivity (Wildman–Crippen MR) is 55.2 cm³/mol. The molecule has 15 heavy (non-hydrogen) atoms. The molecule has 0 saturated carbocycles. The quantitative estimate of drug-likeness (QED) is 0.770. The molecule has 82 valence electrons. The molecule has 0 aliphatic rings. The smallest absolute Gasteiger partial charge is 0.325 e. The van der Waals surface area contributed by atoms with Crippen molar-refractivity contribution >= 4 is 23.2 Å². The number of hydrogen-bond acceptors (Lipinski definition) is 5. The minimum absolute atomic E-state index is 0.129. The normalized spacial score (nSPS) is 9.47. The molecule has 0 unspecified atom stereocenters. The van der Waals surface area contributed by atoms with Gasteiger partial charge in [-0.15, -0.1) is 11.3 Å². The number of rotatable bonds is 4. The topological polar surface area (TPSA) is 64.6 Å². The van der Waals surface area contributed by atoms with E-state index in [-0.39, 0.29) is 12.5 Å². The van der Waals surface area contributed by atoms with Crippen molar-refractivity contribution in [1.29, 1.82) is 0 Å². The van der Waals surface area contributed by atoms with E-state index in [1.807, 2.05) is 0 Å². The molecule has 1 amide bonds. The first-order valence-electron chi connectivity index (χ1n) is 4.15. The van der Waals surface area contributed by atoms with Crippen LogP contribution in [0.5, 0.6) is 5.75 Å². The van der Waals surface area contributed by atoms with Crippen LogP contribution >= 0.6 is 11.3 Å². The van der Waals surface area contributed by atoms with Gasteiger partial charge in [0.25, 0.3) is 5.91 Å². The number of nitrogens with one attached hydrogen (secondary N) is 1. The molecule has 0 aliphatic carbocycles. The highest BCUT2D eigenvalue weighted by molar-refractivity contribution is 7.12. The Morgan fingerprint density at radius 2 is 2.20 bits per heavy atom. The first-order chi connectivity index (χ1) is 7.17. The predicted octanol–water partition coefficient (Wildman–Crippen LogP) is 0.659. The lowest BCUT2D eigenvalue weighted by atomic mass is 10.4. The van der Waals surface area contributed by atoms with Gasteiger partial charge < -0.3 is 14.8 Å². The Morgan fingerprint density at radius 1 is 1.47 bits per heavy atom. The Kier molecular flexibility index (Phi) is 4.11. The SMILES string of the molecule is COC(=O)CNC(=O)c1cc(OC)cs1. The Labute approximate surface area is 91.0 Å². The minimum atomic E-state index is -0.480. The second-order valence-corrected chi connectivity index (χ2v) is 3.52. The van der Waals surface area contributed by atoms with Crippen LogP contribution in [0.25, 0.3) is 0 Å². The van der Waals surface area contributed by atoms with E-state index in [0.717, 1.165) is 0 Å². The van der Waals surface area contributed by atoms with Gasteiger partial charge in [0.05, 0.1) is 19.1 Å². The maximum Gasteiger partial charge on any atom is 0.325 e. The molecule has 1 aromatic rings. The highest BCUT2D eigenvalue weighted by Gasteiger charge is 2.10. The number of amides is 1. The molecule has 0 aliphatic heterocycles. The zero-order valence-corrected chi connectivity index (χ0v) is 9.22. The van der Waals surface area contributed by atoms with Gasteiger partial charge in [-0.3, -0.25) is 9.59 Å². The standard InChI is InChI=1S/C9H11NO4S/c1-13-6-3-7(15-5-6)9(12)10-4-8(11)14-2/h3,5H,4H2,1-2H3,(H,10,12). The van der Waals surface area contributed by atoms with Crippen LogP contribution in [0.2, 0.25) is 0 Å². The average Bonchev–Trinajstić information content (AvgIpc) is 2.73. The molecule has 0 bridgehead atoms. The van der Waals surface area contributed by atoms with Gasteiger partial charge in [0, 0.05) is 11.4 Å². The minimum Gasteiger partial charge on any atom is -0.496 e. The van der Waals surface area contributed by atoms with E-state index in [2.05, 4.69) is 10.1 Å². The van der Waals surface area contributed by atoms with E-state index in [9.17, 15) is 9.59 Å². The molecular weight excluding hydrogens is 218 g/mol. The van der Waals surface area contributed by atoms with Crippen LogP contribution < -0.4 is 10.1 Å². The number of thiophene rings is 1. The number of carbonyl (C=O) groups excluding carboxylic acids is 2. The summed E-state index contributed by atoms with van der Waals surface area (Å²) in [5.41, 5.74) is 0. The molecule has 6 heteroatoms. The summed E-state index contributed by atoms with van der Waals surface area (Å²) < 4.78 is 9.32. The van der Waals surface area contributed by atoms with Gasteiger partial charge in [-0.1, -0.05) is 0 Å². The Balaban J connectivity index is 2.50. The number of hydrogen-bond donors (Lipinski definition) is 1. The van der Waals surface area contributed by atoms with E-state index >= 15 is 0 Å². The van der Waals surface area contributed by atoms with Crippen LogP contribution in [0.15, 0.2) is 11.4 Å². The number of methoxy groups -OCH3 is 2. The third-order valence-corrected chi connectivity index (χ3v) is 2.56. The summed E-state index contributed by atoms with van der Waals surface area (Å²) >= 11 is 1.25. The average molecular weight is 229 g/mol. The van der Waals surface area contributed by atoms with Gasteiger partial charge in [-0.05, 0) is 0 Å². The summed E-state index contributed by atoms with van der Waals surface area (Å²) in [6.45, 7) is -0.129. The maximum absolute atomic E-state index is 11.4. The fourth-order valence-corrected chi connectivity index (χ4v) is 1.63. The molecule has 1 N–H and O–H groups in total. The number of carbonyl (C=O) groups is 2. The Hall–Kier alpha value is -1.56. The van der Waals surface area contributed by atoms with Crippen molar-refractivity contribution in [3.63, 3.8) is 0 Å². The zero-order chi connectivity index (χ0) is 11.3. The number of esters is 1. The van der Waals surface area contributed by atoms with Crippen molar-refractivity contribution in [2.45, 2.75) is 0 Å². The third-order valence-electron chi connectivity index (χ3n) is 1.66. The fourth-order valence-electron chi connectivity index (χ4n) is 0.857.